The lowest BCUT2D eigenvalue weighted by molar-refractivity contribution is 0.0232. The Balaban J connectivity index is 1.20. The van der Waals surface area contributed by atoms with E-state index in [4.69, 9.17) is 9.47 Å². The van der Waals surface area contributed by atoms with Gasteiger partial charge >= 0.3 is 0 Å². The zero-order chi connectivity index (χ0) is 20.6. The third-order valence-electron chi connectivity index (χ3n) is 8.66. The van der Waals surface area contributed by atoms with Crippen LogP contribution in [-0.4, -0.2) is 56.1 Å². The van der Waals surface area contributed by atoms with Crippen molar-refractivity contribution in [2.24, 2.45) is 17.3 Å². The largest absolute Gasteiger partial charge is 0.508 e. The molecule has 30 heavy (non-hydrogen) atoms. The van der Waals surface area contributed by atoms with Gasteiger partial charge in [-0.2, -0.15) is 0 Å². The molecule has 1 aromatic rings. The minimum absolute atomic E-state index is 0.364. The van der Waals surface area contributed by atoms with Gasteiger partial charge in [-0.05, 0) is 85.0 Å². The van der Waals surface area contributed by atoms with Crippen LogP contribution in [0.2, 0.25) is 0 Å². The lowest BCUT2D eigenvalue weighted by atomic mass is 9.55. The van der Waals surface area contributed by atoms with Crippen LogP contribution in [0.25, 0.3) is 0 Å². The number of benzene rings is 1. The van der Waals surface area contributed by atoms with E-state index in [-0.39, 0.29) is 0 Å². The molecular weight excluding hydrogens is 374 g/mol. The fourth-order valence-electron chi connectivity index (χ4n) is 7.01. The summed E-state index contributed by atoms with van der Waals surface area (Å²) in [5, 5.41) is 9.88. The summed E-state index contributed by atoms with van der Waals surface area (Å²) in [5.74, 6) is 2.72. The highest BCUT2D eigenvalue weighted by atomic mass is 16.5. The Morgan fingerprint density at radius 2 is 2.07 bits per heavy atom. The van der Waals surface area contributed by atoms with E-state index in [0.717, 1.165) is 64.3 Å². The van der Waals surface area contributed by atoms with Crippen LogP contribution in [0.15, 0.2) is 29.8 Å². The first-order valence-electron chi connectivity index (χ1n) is 12.0. The molecule has 164 valence electrons. The molecule has 0 amide bonds. The van der Waals surface area contributed by atoms with Gasteiger partial charge in [0.1, 0.15) is 5.75 Å². The fourth-order valence-corrected chi connectivity index (χ4v) is 7.01. The zero-order valence-electron chi connectivity index (χ0n) is 18.4. The van der Waals surface area contributed by atoms with Crippen molar-refractivity contribution >= 4 is 0 Å². The van der Waals surface area contributed by atoms with Crippen molar-refractivity contribution in [3.05, 3.63) is 41.0 Å². The second-order valence-corrected chi connectivity index (χ2v) is 10.1. The lowest BCUT2D eigenvalue weighted by Crippen LogP contribution is -2.40. The molecule has 5 rings (SSSR count). The van der Waals surface area contributed by atoms with Crippen molar-refractivity contribution in [1.82, 2.24) is 4.90 Å². The van der Waals surface area contributed by atoms with Crippen molar-refractivity contribution < 1.29 is 14.6 Å². The minimum atomic E-state index is 0.364. The molecular formula is C26H37NO3. The van der Waals surface area contributed by atoms with Crippen molar-refractivity contribution in [2.75, 3.05) is 46.1 Å². The number of rotatable bonds is 5. The predicted octanol–water partition coefficient (Wildman–Crippen LogP) is 4.52. The number of morpholine rings is 1. The highest BCUT2D eigenvalue weighted by molar-refractivity contribution is 5.40. The molecule has 1 heterocycles. The number of allylic oxidation sites excluding steroid dienone is 1. The van der Waals surface area contributed by atoms with Crippen molar-refractivity contribution in [3.63, 3.8) is 0 Å². The number of hydrogen-bond donors (Lipinski definition) is 1. The molecule has 1 aromatic carbocycles. The summed E-state index contributed by atoms with van der Waals surface area (Å²) >= 11 is 0. The van der Waals surface area contributed by atoms with E-state index in [0.29, 0.717) is 17.1 Å². The van der Waals surface area contributed by atoms with Crippen LogP contribution >= 0.6 is 0 Å². The van der Waals surface area contributed by atoms with Crippen molar-refractivity contribution in [3.8, 4) is 5.75 Å². The van der Waals surface area contributed by atoms with E-state index in [2.05, 4.69) is 24.0 Å². The number of aromatic hydroxyl groups is 1. The summed E-state index contributed by atoms with van der Waals surface area (Å²) in [6.07, 6.45) is 9.99. The van der Waals surface area contributed by atoms with E-state index in [1.54, 1.807) is 5.57 Å². The maximum Gasteiger partial charge on any atom is 0.115 e. The Morgan fingerprint density at radius 3 is 2.93 bits per heavy atom. The molecule has 0 aromatic heterocycles. The summed E-state index contributed by atoms with van der Waals surface area (Å²) in [6.45, 7) is 8.93. The lowest BCUT2D eigenvalue weighted by Gasteiger charge is -2.49. The molecule has 4 unspecified atom stereocenters. The Kier molecular flexibility index (Phi) is 5.92. The van der Waals surface area contributed by atoms with E-state index < -0.39 is 0 Å². The van der Waals surface area contributed by atoms with Crippen LogP contribution in [0.3, 0.4) is 0 Å². The van der Waals surface area contributed by atoms with Gasteiger partial charge in [0.15, 0.2) is 0 Å². The number of aryl methyl sites for hydroxylation is 1. The smallest absolute Gasteiger partial charge is 0.115 e. The third kappa shape index (κ3) is 3.83. The number of nitrogens with zero attached hydrogens (tertiary/aromatic N) is 1. The molecule has 1 N–H and O–H groups in total. The third-order valence-corrected chi connectivity index (χ3v) is 8.66. The molecule has 0 spiro atoms. The number of fused-ring (bicyclic) bond motifs is 5. The monoisotopic (exact) mass is 411 g/mol. The Labute approximate surface area is 181 Å². The Hall–Kier alpha value is -1.36. The second kappa shape index (κ2) is 8.64. The summed E-state index contributed by atoms with van der Waals surface area (Å²) in [4.78, 5) is 2.44. The standard InChI is InChI=1S/C26H37NO3/c1-26-10-8-23-22-6-4-21(28)18-19(22)2-5-24(23)25(26)7-3-20(26)9-14-29-15-11-27-12-16-30-17-13-27/h4,6,9,18,23-25,28H,2-3,5,7-8,10-17H2,1H3/b20-9+. The average molecular weight is 412 g/mol. The van der Waals surface area contributed by atoms with Gasteiger partial charge in [-0.3, -0.25) is 4.90 Å². The molecule has 0 radical (unpaired) electrons. The first-order chi connectivity index (χ1) is 14.6. The maximum atomic E-state index is 9.88. The summed E-state index contributed by atoms with van der Waals surface area (Å²) in [7, 11) is 0. The molecule has 4 aliphatic rings. The quantitative estimate of drug-likeness (QED) is 0.571. The van der Waals surface area contributed by atoms with Gasteiger partial charge in [0.2, 0.25) is 0 Å². The fraction of sp³-hybridized carbons (Fsp3) is 0.692. The number of hydrogen-bond acceptors (Lipinski definition) is 4. The van der Waals surface area contributed by atoms with Crippen LogP contribution < -0.4 is 0 Å². The summed E-state index contributed by atoms with van der Waals surface area (Å²) in [5.41, 5.74) is 4.94. The van der Waals surface area contributed by atoms with Gasteiger partial charge in [0.05, 0.1) is 26.4 Å². The summed E-state index contributed by atoms with van der Waals surface area (Å²) < 4.78 is 11.4. The van der Waals surface area contributed by atoms with Crippen LogP contribution in [0, 0.1) is 17.3 Å². The highest BCUT2D eigenvalue weighted by Crippen LogP contribution is 2.62. The van der Waals surface area contributed by atoms with Crippen LogP contribution in [0.5, 0.6) is 5.75 Å². The molecule has 1 saturated heterocycles. The van der Waals surface area contributed by atoms with E-state index in [9.17, 15) is 5.11 Å². The molecule has 3 fully saturated rings. The SMILES string of the molecule is CC12CCC3c4ccc(O)cc4CCC3C1CC/C2=C\COCCN1CCOCC1. The van der Waals surface area contributed by atoms with E-state index in [1.165, 1.54) is 43.2 Å². The van der Waals surface area contributed by atoms with Gasteiger partial charge in [-0.25, -0.2) is 0 Å². The normalized spacial score (nSPS) is 35.1. The number of phenols is 1. The van der Waals surface area contributed by atoms with Crippen LogP contribution in [0.4, 0.5) is 0 Å². The number of ether oxygens (including phenoxy) is 2. The van der Waals surface area contributed by atoms with Crippen LogP contribution in [-0.2, 0) is 15.9 Å². The zero-order valence-corrected chi connectivity index (χ0v) is 18.4. The van der Waals surface area contributed by atoms with Gasteiger partial charge < -0.3 is 14.6 Å². The highest BCUT2D eigenvalue weighted by Gasteiger charge is 2.52. The molecule has 3 aliphatic carbocycles. The second-order valence-electron chi connectivity index (χ2n) is 10.1. The minimum Gasteiger partial charge on any atom is -0.508 e. The van der Waals surface area contributed by atoms with E-state index in [1.807, 2.05) is 12.1 Å². The molecule has 4 nitrogen and oxygen atoms in total. The average Bonchev–Trinajstić information content (AvgIpc) is 3.10. The van der Waals surface area contributed by atoms with Gasteiger partial charge in [-0.15, -0.1) is 0 Å². The Bertz CT molecular complexity index is 784. The predicted molar refractivity (Wildman–Crippen MR) is 119 cm³/mol. The maximum absolute atomic E-state index is 9.88. The van der Waals surface area contributed by atoms with E-state index >= 15 is 0 Å². The van der Waals surface area contributed by atoms with Crippen molar-refractivity contribution in [2.45, 2.75) is 51.4 Å². The van der Waals surface area contributed by atoms with Gasteiger partial charge in [0, 0.05) is 19.6 Å². The summed E-state index contributed by atoms with van der Waals surface area (Å²) in [6, 6.07) is 6.11. The van der Waals surface area contributed by atoms with Gasteiger partial charge in [0.25, 0.3) is 0 Å². The molecule has 1 aliphatic heterocycles. The Morgan fingerprint density at radius 1 is 1.20 bits per heavy atom. The molecule has 4 heteroatoms. The topological polar surface area (TPSA) is 41.9 Å². The first kappa shape index (κ1) is 20.5. The molecule has 0 bridgehead atoms. The molecule has 2 saturated carbocycles. The molecule has 4 atom stereocenters. The van der Waals surface area contributed by atoms with Crippen LogP contribution in [0.1, 0.15) is 56.1 Å². The number of phenolic OH excluding ortho intramolecular Hbond substituents is 1. The van der Waals surface area contributed by atoms with Gasteiger partial charge in [-0.1, -0.05) is 24.6 Å². The van der Waals surface area contributed by atoms with Crippen molar-refractivity contribution in [1.29, 1.82) is 0 Å². The first-order valence-corrected chi connectivity index (χ1v) is 12.0.